The number of furan rings is 1. The Morgan fingerprint density at radius 2 is 1.24 bits per heavy atom. The van der Waals surface area contributed by atoms with Gasteiger partial charge in [0.05, 0.1) is 22.1 Å². The van der Waals surface area contributed by atoms with E-state index in [1.165, 1.54) is 77.6 Å². The number of hydrogen-bond donors (Lipinski definition) is 0. The molecule has 0 saturated heterocycles. The smallest absolute Gasteiger partial charge is 0.164 e. The molecule has 3 heterocycles. The Hall–Kier alpha value is -8.41. The molecule has 0 amide bonds. The van der Waals surface area contributed by atoms with E-state index in [4.69, 9.17) is 19.4 Å². The first kappa shape index (κ1) is 36.9. The van der Waals surface area contributed by atoms with Gasteiger partial charge in [0, 0.05) is 49.6 Å². The van der Waals surface area contributed by atoms with Crippen LogP contribution in [0.2, 0.25) is 0 Å². The SMILES string of the molecule is CC1(C)c2ccccc2-c2cc3c4ccccc4n(-c4ccc(-c5nc(-c6ccccc6)nc(-c6ccc7c(c6)oc6ccccc67)n5)c5c4C4C6=CC5(C=CC=C6)c5ccccc54)c3cc21. The highest BCUT2D eigenvalue weighted by Gasteiger charge is 2.50. The summed E-state index contributed by atoms with van der Waals surface area (Å²) >= 11 is 0. The Morgan fingerprint density at radius 1 is 0.507 bits per heavy atom. The molecular formula is C62H40N4O. The molecule has 2 unspecified atom stereocenters. The van der Waals surface area contributed by atoms with E-state index in [1.54, 1.807) is 0 Å². The van der Waals surface area contributed by atoms with Crippen molar-refractivity contribution in [3.63, 3.8) is 0 Å². The Kier molecular flexibility index (Phi) is 7.22. The third-order valence-corrected chi connectivity index (χ3v) is 15.3. The van der Waals surface area contributed by atoms with Gasteiger partial charge in [-0.15, -0.1) is 0 Å². The van der Waals surface area contributed by atoms with Crippen LogP contribution >= 0.6 is 0 Å². The van der Waals surface area contributed by atoms with Crippen molar-refractivity contribution in [2.75, 3.05) is 0 Å². The van der Waals surface area contributed by atoms with Gasteiger partial charge in [0.15, 0.2) is 17.5 Å². The Labute approximate surface area is 386 Å². The number of fused-ring (bicyclic) bond motifs is 9. The average Bonchev–Trinajstić information content (AvgIpc) is 3.94. The van der Waals surface area contributed by atoms with Gasteiger partial charge in [0.1, 0.15) is 11.2 Å². The van der Waals surface area contributed by atoms with Crippen LogP contribution in [0.25, 0.3) is 94.7 Å². The lowest BCUT2D eigenvalue weighted by molar-refractivity contribution is 0.661. The van der Waals surface area contributed by atoms with E-state index in [-0.39, 0.29) is 11.3 Å². The lowest BCUT2D eigenvalue weighted by Crippen LogP contribution is -2.38. The van der Waals surface area contributed by atoms with Crippen molar-refractivity contribution in [2.45, 2.75) is 30.6 Å². The fraction of sp³-hybridized carbons (Fsp3) is 0.0806. The molecule has 8 aromatic carbocycles. The average molecular weight is 857 g/mol. The normalized spacial score (nSPS) is 18.0. The van der Waals surface area contributed by atoms with Crippen LogP contribution in [0, 0.1) is 0 Å². The lowest BCUT2D eigenvalue weighted by Gasteiger charge is -2.47. The third-order valence-electron chi connectivity index (χ3n) is 15.3. The van der Waals surface area contributed by atoms with E-state index in [9.17, 15) is 0 Å². The zero-order chi connectivity index (χ0) is 44.2. The molecule has 0 N–H and O–H groups in total. The number of allylic oxidation sites excluding steroid dienone is 6. The highest BCUT2D eigenvalue weighted by atomic mass is 16.3. The summed E-state index contributed by atoms with van der Waals surface area (Å²) in [4.78, 5) is 16.1. The molecule has 2 atom stereocenters. The zero-order valence-corrected chi connectivity index (χ0v) is 36.8. The number of hydrogen-bond acceptors (Lipinski definition) is 4. The minimum atomic E-state index is -0.596. The van der Waals surface area contributed by atoms with Gasteiger partial charge in [0.2, 0.25) is 0 Å². The van der Waals surface area contributed by atoms with Crippen LogP contribution in [0.5, 0.6) is 0 Å². The first-order valence-electron chi connectivity index (χ1n) is 23.2. The van der Waals surface area contributed by atoms with Crippen molar-refractivity contribution >= 4 is 43.7 Å². The molecule has 67 heavy (non-hydrogen) atoms. The minimum Gasteiger partial charge on any atom is -0.456 e. The zero-order valence-electron chi connectivity index (χ0n) is 36.8. The van der Waals surface area contributed by atoms with E-state index < -0.39 is 5.41 Å². The molecule has 314 valence electrons. The summed E-state index contributed by atoms with van der Waals surface area (Å²) in [5, 5.41) is 4.65. The van der Waals surface area contributed by atoms with E-state index in [2.05, 4.69) is 188 Å². The van der Waals surface area contributed by atoms with Gasteiger partial charge in [-0.1, -0.05) is 166 Å². The Bertz CT molecular complexity index is 4090. The predicted octanol–water partition coefficient (Wildman–Crippen LogP) is 15.0. The molecule has 5 aliphatic carbocycles. The van der Waals surface area contributed by atoms with E-state index in [0.717, 1.165) is 38.6 Å². The van der Waals surface area contributed by atoms with Crippen LogP contribution in [0.4, 0.5) is 0 Å². The van der Waals surface area contributed by atoms with Crippen molar-refractivity contribution in [3.8, 4) is 51.0 Å². The van der Waals surface area contributed by atoms with Gasteiger partial charge >= 0.3 is 0 Å². The van der Waals surface area contributed by atoms with Gasteiger partial charge in [0.25, 0.3) is 0 Å². The molecule has 16 rings (SSSR count). The maximum atomic E-state index is 6.41. The van der Waals surface area contributed by atoms with E-state index in [1.807, 2.05) is 30.3 Å². The van der Waals surface area contributed by atoms with Gasteiger partial charge in [-0.3, -0.25) is 0 Å². The summed E-state index contributed by atoms with van der Waals surface area (Å²) in [5.41, 5.74) is 19.1. The van der Waals surface area contributed by atoms with Crippen molar-refractivity contribution in [2.24, 2.45) is 0 Å². The Balaban J connectivity index is 1.04. The van der Waals surface area contributed by atoms with Crippen molar-refractivity contribution in [3.05, 3.63) is 239 Å². The highest BCUT2D eigenvalue weighted by Crippen LogP contribution is 2.61. The number of para-hydroxylation sites is 2. The highest BCUT2D eigenvalue weighted by molar-refractivity contribution is 6.12. The monoisotopic (exact) mass is 856 g/mol. The molecule has 5 nitrogen and oxygen atoms in total. The number of rotatable bonds is 4. The van der Waals surface area contributed by atoms with Gasteiger partial charge < -0.3 is 8.98 Å². The summed E-state index contributed by atoms with van der Waals surface area (Å²) in [7, 11) is 0. The Morgan fingerprint density at radius 3 is 2.13 bits per heavy atom. The van der Waals surface area contributed by atoms with Crippen molar-refractivity contribution < 1.29 is 4.42 Å². The van der Waals surface area contributed by atoms with Crippen LogP contribution in [-0.2, 0) is 10.8 Å². The number of benzene rings is 8. The second kappa shape index (κ2) is 13.1. The maximum absolute atomic E-state index is 6.41. The molecule has 11 aromatic rings. The van der Waals surface area contributed by atoms with Crippen LogP contribution in [0.1, 0.15) is 53.1 Å². The minimum absolute atomic E-state index is 0.0316. The second-order valence-corrected chi connectivity index (χ2v) is 19.1. The summed E-state index contributed by atoms with van der Waals surface area (Å²) in [6.07, 6.45) is 11.7. The first-order valence-corrected chi connectivity index (χ1v) is 23.2. The largest absolute Gasteiger partial charge is 0.456 e. The maximum Gasteiger partial charge on any atom is 0.164 e. The lowest BCUT2D eigenvalue weighted by atomic mass is 9.55. The molecular weight excluding hydrogens is 817 g/mol. The third kappa shape index (κ3) is 4.90. The molecule has 5 heteroatoms. The van der Waals surface area contributed by atoms with E-state index >= 15 is 0 Å². The van der Waals surface area contributed by atoms with Crippen LogP contribution in [-0.4, -0.2) is 19.5 Å². The summed E-state index contributed by atoms with van der Waals surface area (Å²) in [6, 6.07) is 61.3. The quantitative estimate of drug-likeness (QED) is 0.177. The molecule has 3 bridgehead atoms. The standard InChI is InChI=1S/C62H40N4O/c1-61(2)47-23-10-6-19-39(47)45-33-46-40-20-8-12-25-50(40)66(52(46)34-49(45)61)51-30-29-44(57-56(51)55-38-18-14-15-31-62(57,35-38)48-24-11-7-22-43(48)55)60-64-58(36-16-4-3-5-17-36)63-59(65-60)37-27-28-42-41-21-9-13-26-53(41)67-54(42)32-37/h3-35,55H,1-2H3. The van der Waals surface area contributed by atoms with E-state index in [0.29, 0.717) is 17.5 Å². The summed E-state index contributed by atoms with van der Waals surface area (Å²) in [5.74, 6) is 1.82. The van der Waals surface area contributed by atoms with Crippen molar-refractivity contribution in [1.82, 2.24) is 19.5 Å². The molecule has 3 aromatic heterocycles. The molecule has 0 radical (unpaired) electrons. The number of nitrogens with zero attached hydrogens (tertiary/aromatic N) is 4. The summed E-state index contributed by atoms with van der Waals surface area (Å²) in [6.45, 7) is 4.75. The molecule has 0 aliphatic heterocycles. The summed E-state index contributed by atoms with van der Waals surface area (Å²) < 4.78 is 8.97. The fourth-order valence-corrected chi connectivity index (χ4v) is 12.4. The van der Waals surface area contributed by atoms with Crippen molar-refractivity contribution in [1.29, 1.82) is 0 Å². The van der Waals surface area contributed by atoms with Crippen LogP contribution in [0.3, 0.4) is 0 Å². The predicted molar refractivity (Wildman–Crippen MR) is 271 cm³/mol. The number of aromatic nitrogens is 4. The van der Waals surface area contributed by atoms with Gasteiger partial charge in [-0.05, 0) is 98.6 Å². The van der Waals surface area contributed by atoms with Gasteiger partial charge in [-0.2, -0.15) is 0 Å². The fourth-order valence-electron chi connectivity index (χ4n) is 12.4. The molecule has 0 fully saturated rings. The van der Waals surface area contributed by atoms with Crippen LogP contribution < -0.4 is 0 Å². The molecule has 5 aliphatic rings. The topological polar surface area (TPSA) is 56.7 Å². The van der Waals surface area contributed by atoms with Gasteiger partial charge in [-0.25, -0.2) is 15.0 Å². The van der Waals surface area contributed by atoms with Crippen LogP contribution in [0.15, 0.2) is 210 Å². The molecule has 1 spiro atoms. The second-order valence-electron chi connectivity index (χ2n) is 19.1. The molecule has 0 saturated carbocycles. The first-order chi connectivity index (χ1) is 32.9.